The van der Waals surface area contributed by atoms with Gasteiger partial charge in [0.15, 0.2) is 0 Å². The maximum Gasteiger partial charge on any atom is 0.131 e. The topological polar surface area (TPSA) is 52.2 Å². The molecule has 15 heavy (non-hydrogen) atoms. The normalized spacial score (nSPS) is 12.7. The minimum Gasteiger partial charge on any atom is -0.755 e. The number of anilines is 1. The predicted molar refractivity (Wildman–Crippen MR) is 56.4 cm³/mol. The molecule has 0 aromatic heterocycles. The Kier molecular flexibility index (Phi) is 2.66. The lowest BCUT2D eigenvalue weighted by molar-refractivity contribution is 0.542. The van der Waals surface area contributed by atoms with Crippen LogP contribution in [0.15, 0.2) is 36.4 Å². The van der Waals surface area contributed by atoms with Crippen molar-refractivity contribution in [1.29, 1.82) is 0 Å². The first-order valence-corrected chi connectivity index (χ1v) is 5.29. The van der Waals surface area contributed by atoms with Gasteiger partial charge in [0.05, 0.1) is 5.69 Å². The van der Waals surface area contributed by atoms with Gasteiger partial charge in [0.25, 0.3) is 0 Å². The van der Waals surface area contributed by atoms with Gasteiger partial charge in [-0.25, -0.2) is 4.39 Å². The Hall–Kier alpha value is -1.46. The molecule has 2 aromatic rings. The van der Waals surface area contributed by atoms with Gasteiger partial charge in [-0.3, -0.25) is 4.21 Å². The van der Waals surface area contributed by atoms with Gasteiger partial charge in [0, 0.05) is 22.0 Å². The Morgan fingerprint density at radius 2 is 1.80 bits per heavy atom. The van der Waals surface area contributed by atoms with E-state index in [1.54, 1.807) is 24.3 Å². The Bertz CT molecular complexity index is 530. The van der Waals surface area contributed by atoms with Gasteiger partial charge >= 0.3 is 0 Å². The summed E-state index contributed by atoms with van der Waals surface area (Å²) in [5.74, 6) is -0.368. The smallest absolute Gasteiger partial charge is 0.131 e. The van der Waals surface area contributed by atoms with Crippen LogP contribution in [0.2, 0.25) is 0 Å². The predicted octanol–water partition coefficient (Wildman–Crippen LogP) is 2.18. The molecule has 3 nitrogen and oxygen atoms in total. The molecule has 78 valence electrons. The first kappa shape index (κ1) is 10.1. The van der Waals surface area contributed by atoms with Crippen molar-refractivity contribution in [3.05, 3.63) is 42.2 Å². The number of hydrogen-bond donors (Lipinski definition) is 1. The van der Waals surface area contributed by atoms with Crippen molar-refractivity contribution in [3.63, 3.8) is 0 Å². The van der Waals surface area contributed by atoms with Gasteiger partial charge in [0.1, 0.15) is 5.82 Å². The van der Waals surface area contributed by atoms with Crippen LogP contribution >= 0.6 is 0 Å². The third kappa shape index (κ3) is 1.98. The highest BCUT2D eigenvalue weighted by atomic mass is 32.2. The minimum absolute atomic E-state index is 0.368. The molecule has 0 aliphatic rings. The van der Waals surface area contributed by atoms with Crippen LogP contribution in [0.4, 0.5) is 10.1 Å². The van der Waals surface area contributed by atoms with E-state index < -0.39 is 11.3 Å². The third-order valence-electron chi connectivity index (χ3n) is 2.06. The Balaban J connectivity index is 2.66. The fraction of sp³-hybridized carbons (Fsp3) is 0. The molecule has 1 unspecified atom stereocenters. The summed E-state index contributed by atoms with van der Waals surface area (Å²) in [6.45, 7) is 0. The lowest BCUT2D eigenvalue weighted by atomic mass is 10.1. The first-order valence-electron chi connectivity index (χ1n) is 4.21. The molecule has 0 heterocycles. The molecule has 0 bridgehead atoms. The maximum absolute atomic E-state index is 13.3. The largest absolute Gasteiger partial charge is 0.755 e. The Labute approximate surface area is 88.3 Å². The number of benzene rings is 2. The van der Waals surface area contributed by atoms with Crippen LogP contribution in [0.25, 0.3) is 10.8 Å². The van der Waals surface area contributed by atoms with E-state index in [0.717, 1.165) is 0 Å². The van der Waals surface area contributed by atoms with E-state index in [2.05, 4.69) is 4.72 Å². The molecule has 5 heteroatoms. The molecule has 2 aromatic carbocycles. The van der Waals surface area contributed by atoms with Crippen molar-refractivity contribution in [1.82, 2.24) is 0 Å². The van der Waals surface area contributed by atoms with Crippen molar-refractivity contribution < 1.29 is 13.2 Å². The van der Waals surface area contributed by atoms with Crippen molar-refractivity contribution in [2.75, 3.05) is 4.72 Å². The molecular weight excluding hydrogens is 217 g/mol. The summed E-state index contributed by atoms with van der Waals surface area (Å²) in [7, 11) is 0. The summed E-state index contributed by atoms with van der Waals surface area (Å²) in [6.07, 6.45) is 0. The van der Waals surface area contributed by atoms with E-state index in [-0.39, 0.29) is 5.82 Å². The summed E-state index contributed by atoms with van der Waals surface area (Å²) in [6, 6.07) is 9.31. The molecular formula is C10H7FNO2S-. The standard InChI is InChI=1S/C10H8FNO2S/c11-9-5-6-10(12-15(13)14)8-4-2-1-3-7(8)9/h1-6,12H,(H,13,14)/p-1. The number of hydrogen-bond acceptors (Lipinski definition) is 2. The molecule has 0 spiro atoms. The van der Waals surface area contributed by atoms with Crippen LogP contribution in [-0.4, -0.2) is 8.76 Å². The van der Waals surface area contributed by atoms with Crippen LogP contribution in [0.3, 0.4) is 0 Å². The molecule has 0 radical (unpaired) electrons. The van der Waals surface area contributed by atoms with Crippen molar-refractivity contribution >= 4 is 27.7 Å². The zero-order valence-electron chi connectivity index (χ0n) is 7.57. The second kappa shape index (κ2) is 3.96. The summed E-state index contributed by atoms with van der Waals surface area (Å²) >= 11 is -2.40. The lowest BCUT2D eigenvalue weighted by Gasteiger charge is -2.11. The fourth-order valence-electron chi connectivity index (χ4n) is 1.44. The van der Waals surface area contributed by atoms with Gasteiger partial charge in [-0.05, 0) is 12.1 Å². The van der Waals surface area contributed by atoms with Gasteiger partial charge in [-0.2, -0.15) is 0 Å². The van der Waals surface area contributed by atoms with Crippen LogP contribution in [0.1, 0.15) is 0 Å². The van der Waals surface area contributed by atoms with Gasteiger partial charge in [-0.15, -0.1) is 0 Å². The average Bonchev–Trinajstić information content (AvgIpc) is 2.22. The maximum atomic E-state index is 13.3. The van der Waals surface area contributed by atoms with E-state index in [9.17, 15) is 13.2 Å². The molecule has 1 N–H and O–H groups in total. The summed E-state index contributed by atoms with van der Waals surface area (Å²) in [5, 5.41) is 0.939. The molecule has 0 aliphatic carbocycles. The highest BCUT2D eigenvalue weighted by molar-refractivity contribution is 7.80. The Morgan fingerprint density at radius 1 is 1.13 bits per heavy atom. The Morgan fingerprint density at radius 3 is 2.47 bits per heavy atom. The molecule has 0 fully saturated rings. The zero-order valence-corrected chi connectivity index (χ0v) is 8.38. The van der Waals surface area contributed by atoms with Crippen LogP contribution in [-0.2, 0) is 11.3 Å². The van der Waals surface area contributed by atoms with E-state index in [1.165, 1.54) is 12.1 Å². The van der Waals surface area contributed by atoms with E-state index >= 15 is 0 Å². The van der Waals surface area contributed by atoms with Crippen LogP contribution < -0.4 is 4.72 Å². The van der Waals surface area contributed by atoms with Crippen molar-refractivity contribution in [3.8, 4) is 0 Å². The molecule has 2 rings (SSSR count). The van der Waals surface area contributed by atoms with Crippen LogP contribution in [0, 0.1) is 5.82 Å². The fourth-order valence-corrected chi connectivity index (χ4v) is 1.80. The second-order valence-electron chi connectivity index (χ2n) is 2.98. The highest BCUT2D eigenvalue weighted by Crippen LogP contribution is 2.25. The first-order chi connectivity index (χ1) is 7.18. The minimum atomic E-state index is -2.40. The summed E-state index contributed by atoms with van der Waals surface area (Å²) < 4.78 is 36.5. The van der Waals surface area contributed by atoms with Gasteiger partial charge < -0.3 is 9.27 Å². The lowest BCUT2D eigenvalue weighted by Crippen LogP contribution is -2.02. The highest BCUT2D eigenvalue weighted by Gasteiger charge is 2.04. The average molecular weight is 224 g/mol. The number of halogens is 1. The number of rotatable bonds is 2. The second-order valence-corrected chi connectivity index (χ2v) is 3.65. The molecule has 0 amide bonds. The van der Waals surface area contributed by atoms with Gasteiger partial charge in [-0.1, -0.05) is 24.3 Å². The monoisotopic (exact) mass is 224 g/mol. The SMILES string of the molecule is O=S([O-])Nc1ccc(F)c2ccccc12. The van der Waals surface area contributed by atoms with E-state index in [4.69, 9.17) is 0 Å². The summed E-state index contributed by atoms with van der Waals surface area (Å²) in [4.78, 5) is 0. The summed E-state index contributed by atoms with van der Waals surface area (Å²) in [5.41, 5.74) is 0.375. The zero-order chi connectivity index (χ0) is 10.8. The molecule has 0 aliphatic heterocycles. The number of nitrogens with one attached hydrogen (secondary N) is 1. The van der Waals surface area contributed by atoms with Crippen molar-refractivity contribution in [2.45, 2.75) is 0 Å². The van der Waals surface area contributed by atoms with Crippen molar-refractivity contribution in [2.24, 2.45) is 0 Å². The van der Waals surface area contributed by atoms with Gasteiger partial charge in [0.2, 0.25) is 0 Å². The third-order valence-corrected chi connectivity index (χ3v) is 2.45. The molecule has 0 saturated carbocycles. The number of fused-ring (bicyclic) bond motifs is 1. The van der Waals surface area contributed by atoms with Crippen LogP contribution in [0.5, 0.6) is 0 Å². The quantitative estimate of drug-likeness (QED) is 0.795. The van der Waals surface area contributed by atoms with E-state index in [0.29, 0.717) is 16.5 Å². The van der Waals surface area contributed by atoms with E-state index in [1.807, 2.05) is 0 Å². The molecule has 0 saturated heterocycles. The molecule has 1 atom stereocenters.